The quantitative estimate of drug-likeness (QED) is 0.668. The molecular formula is C17H16N2O. The Morgan fingerprint density at radius 2 is 1.80 bits per heavy atom. The summed E-state index contributed by atoms with van der Waals surface area (Å²) in [6.07, 6.45) is 5.63. The Morgan fingerprint density at radius 1 is 1.00 bits per heavy atom. The fourth-order valence-electron chi connectivity index (χ4n) is 2.11. The number of oxazole rings is 1. The van der Waals surface area contributed by atoms with Gasteiger partial charge in [-0.05, 0) is 23.8 Å². The molecule has 0 aliphatic rings. The largest absolute Gasteiger partial charge is 0.443 e. The molecule has 3 aromatic rings. The molecule has 0 saturated heterocycles. The van der Waals surface area contributed by atoms with Crippen molar-refractivity contribution in [3.8, 4) is 0 Å². The number of fused-ring (bicyclic) bond motifs is 1. The second kappa shape index (κ2) is 5.21. The average molecular weight is 264 g/mol. The Morgan fingerprint density at radius 3 is 2.55 bits per heavy atom. The van der Waals surface area contributed by atoms with Gasteiger partial charge in [0.25, 0.3) is 0 Å². The zero-order valence-corrected chi connectivity index (χ0v) is 11.6. The van der Waals surface area contributed by atoms with Crippen LogP contribution in [0.3, 0.4) is 0 Å². The first-order valence-corrected chi connectivity index (χ1v) is 6.52. The van der Waals surface area contributed by atoms with Crippen LogP contribution in [0.5, 0.6) is 0 Å². The van der Waals surface area contributed by atoms with Crippen LogP contribution in [0.4, 0.5) is 5.69 Å². The van der Waals surface area contributed by atoms with Crippen LogP contribution in [0, 0.1) is 0 Å². The minimum Gasteiger partial charge on any atom is -0.443 e. The van der Waals surface area contributed by atoms with Gasteiger partial charge in [0.05, 0.1) is 0 Å². The predicted molar refractivity (Wildman–Crippen MR) is 83.7 cm³/mol. The molecule has 2 aromatic carbocycles. The van der Waals surface area contributed by atoms with Crippen molar-refractivity contribution >= 4 is 28.9 Å². The molecule has 1 heterocycles. The van der Waals surface area contributed by atoms with Crippen LogP contribution in [0.25, 0.3) is 23.3 Å². The Hall–Kier alpha value is -2.55. The molecule has 1 aromatic heterocycles. The number of anilines is 1. The van der Waals surface area contributed by atoms with E-state index in [0.717, 1.165) is 22.2 Å². The van der Waals surface area contributed by atoms with Crippen molar-refractivity contribution in [3.05, 3.63) is 60.0 Å². The van der Waals surface area contributed by atoms with Gasteiger partial charge >= 0.3 is 0 Å². The van der Waals surface area contributed by atoms with E-state index in [1.807, 2.05) is 32.3 Å². The second-order valence-electron chi connectivity index (χ2n) is 4.87. The van der Waals surface area contributed by atoms with Gasteiger partial charge in [0.15, 0.2) is 12.0 Å². The number of benzene rings is 2. The molecule has 0 aliphatic carbocycles. The van der Waals surface area contributed by atoms with E-state index in [9.17, 15) is 0 Å². The predicted octanol–water partition coefficient (Wildman–Crippen LogP) is 4.06. The van der Waals surface area contributed by atoms with E-state index in [4.69, 9.17) is 4.42 Å². The maximum atomic E-state index is 5.30. The van der Waals surface area contributed by atoms with Gasteiger partial charge in [-0.3, -0.25) is 0 Å². The molecule has 0 atom stereocenters. The van der Waals surface area contributed by atoms with Crippen molar-refractivity contribution < 1.29 is 4.42 Å². The van der Waals surface area contributed by atoms with E-state index < -0.39 is 0 Å². The first kappa shape index (κ1) is 12.5. The highest BCUT2D eigenvalue weighted by Crippen LogP contribution is 2.20. The summed E-state index contributed by atoms with van der Waals surface area (Å²) >= 11 is 0. The molecule has 20 heavy (non-hydrogen) atoms. The van der Waals surface area contributed by atoms with Crippen molar-refractivity contribution in [2.75, 3.05) is 19.0 Å². The third-order valence-electron chi connectivity index (χ3n) is 3.26. The van der Waals surface area contributed by atoms with Crippen molar-refractivity contribution in [1.29, 1.82) is 0 Å². The van der Waals surface area contributed by atoms with E-state index in [1.165, 1.54) is 12.1 Å². The van der Waals surface area contributed by atoms with Gasteiger partial charge in [0.1, 0.15) is 5.52 Å². The van der Waals surface area contributed by atoms with Crippen LogP contribution in [0.1, 0.15) is 11.1 Å². The van der Waals surface area contributed by atoms with E-state index in [-0.39, 0.29) is 0 Å². The number of para-hydroxylation sites is 1. The van der Waals surface area contributed by atoms with Gasteiger partial charge in [-0.1, -0.05) is 36.4 Å². The molecule has 0 radical (unpaired) electrons. The summed E-state index contributed by atoms with van der Waals surface area (Å²) in [5, 5.41) is 0. The fraction of sp³-hybridized carbons (Fsp3) is 0.118. The lowest BCUT2D eigenvalue weighted by molar-refractivity contribution is 0.602. The van der Waals surface area contributed by atoms with Crippen LogP contribution >= 0.6 is 0 Å². The third-order valence-corrected chi connectivity index (χ3v) is 3.26. The first-order chi connectivity index (χ1) is 9.74. The lowest BCUT2D eigenvalue weighted by atomic mass is 10.1. The molecule has 0 aliphatic heterocycles. The maximum Gasteiger partial charge on any atom is 0.181 e. The molecule has 0 saturated carbocycles. The zero-order valence-electron chi connectivity index (χ0n) is 11.6. The molecule has 0 spiro atoms. The highest BCUT2D eigenvalue weighted by atomic mass is 16.3. The molecule has 0 amide bonds. The van der Waals surface area contributed by atoms with Gasteiger partial charge in [-0.25, -0.2) is 4.98 Å². The Kier molecular flexibility index (Phi) is 3.25. The van der Waals surface area contributed by atoms with Crippen molar-refractivity contribution in [1.82, 2.24) is 4.98 Å². The third kappa shape index (κ3) is 2.43. The number of hydrogen-bond donors (Lipinski definition) is 0. The maximum absolute atomic E-state index is 5.30. The molecular weight excluding hydrogens is 248 g/mol. The normalized spacial score (nSPS) is 11.3. The SMILES string of the molecule is CN(C)c1ccc(/C=C/c2cccc3ocnc23)cc1. The molecule has 0 fully saturated rings. The van der Waals surface area contributed by atoms with Gasteiger partial charge < -0.3 is 9.32 Å². The summed E-state index contributed by atoms with van der Waals surface area (Å²) in [7, 11) is 4.08. The summed E-state index contributed by atoms with van der Waals surface area (Å²) in [5.41, 5.74) is 5.13. The van der Waals surface area contributed by atoms with Gasteiger partial charge in [-0.2, -0.15) is 0 Å². The van der Waals surface area contributed by atoms with Crippen molar-refractivity contribution in [2.24, 2.45) is 0 Å². The molecule has 0 N–H and O–H groups in total. The number of aromatic nitrogens is 1. The number of rotatable bonds is 3. The zero-order chi connectivity index (χ0) is 13.9. The first-order valence-electron chi connectivity index (χ1n) is 6.52. The van der Waals surface area contributed by atoms with Gasteiger partial charge in [0, 0.05) is 25.3 Å². The van der Waals surface area contributed by atoms with E-state index in [1.54, 1.807) is 0 Å². The summed E-state index contributed by atoms with van der Waals surface area (Å²) in [5.74, 6) is 0. The van der Waals surface area contributed by atoms with Crippen LogP contribution in [-0.4, -0.2) is 19.1 Å². The summed E-state index contributed by atoms with van der Waals surface area (Å²) < 4.78 is 5.30. The second-order valence-corrected chi connectivity index (χ2v) is 4.87. The molecule has 0 bridgehead atoms. The van der Waals surface area contributed by atoms with Crippen LogP contribution in [0.2, 0.25) is 0 Å². The van der Waals surface area contributed by atoms with E-state index in [2.05, 4.69) is 46.3 Å². The molecule has 0 unspecified atom stereocenters. The van der Waals surface area contributed by atoms with E-state index in [0.29, 0.717) is 0 Å². The van der Waals surface area contributed by atoms with Gasteiger partial charge in [-0.15, -0.1) is 0 Å². The van der Waals surface area contributed by atoms with Gasteiger partial charge in [0.2, 0.25) is 0 Å². The number of nitrogens with zero attached hydrogens (tertiary/aromatic N) is 2. The van der Waals surface area contributed by atoms with Crippen LogP contribution in [0.15, 0.2) is 53.3 Å². The molecule has 3 rings (SSSR count). The lowest BCUT2D eigenvalue weighted by Crippen LogP contribution is -2.07. The minimum atomic E-state index is 0.815. The van der Waals surface area contributed by atoms with Crippen molar-refractivity contribution in [3.63, 3.8) is 0 Å². The summed E-state index contributed by atoms with van der Waals surface area (Å²) in [6, 6.07) is 14.4. The minimum absolute atomic E-state index is 0.815. The Bertz CT molecular complexity index is 739. The Labute approximate surface area is 118 Å². The fourth-order valence-corrected chi connectivity index (χ4v) is 2.11. The topological polar surface area (TPSA) is 29.3 Å². The summed E-state index contributed by atoms with van der Waals surface area (Å²) in [4.78, 5) is 6.33. The summed E-state index contributed by atoms with van der Waals surface area (Å²) in [6.45, 7) is 0. The highest BCUT2D eigenvalue weighted by Gasteiger charge is 2.01. The Balaban J connectivity index is 1.88. The van der Waals surface area contributed by atoms with Crippen LogP contribution < -0.4 is 4.90 Å². The highest BCUT2D eigenvalue weighted by molar-refractivity contribution is 5.86. The number of hydrogen-bond acceptors (Lipinski definition) is 3. The monoisotopic (exact) mass is 264 g/mol. The molecule has 100 valence electrons. The standard InChI is InChI=1S/C17H16N2O/c1-19(2)15-10-7-13(8-11-15)6-9-14-4-3-5-16-17(14)18-12-20-16/h3-12H,1-2H3/b9-6+. The average Bonchev–Trinajstić information content (AvgIpc) is 2.94. The van der Waals surface area contributed by atoms with Crippen molar-refractivity contribution in [2.45, 2.75) is 0 Å². The molecule has 3 heteroatoms. The van der Waals surface area contributed by atoms with E-state index >= 15 is 0 Å². The molecule has 3 nitrogen and oxygen atoms in total. The van der Waals surface area contributed by atoms with Crippen LogP contribution in [-0.2, 0) is 0 Å². The smallest absolute Gasteiger partial charge is 0.181 e. The lowest BCUT2D eigenvalue weighted by Gasteiger charge is -2.11.